The minimum Gasteiger partial charge on any atom is -0.455 e. The van der Waals surface area contributed by atoms with Gasteiger partial charge in [-0.3, -0.25) is 4.79 Å². The number of aliphatic hydroxyl groups excluding tert-OH is 1. The summed E-state index contributed by atoms with van der Waals surface area (Å²) in [5, 5.41) is 9.40. The van der Waals surface area contributed by atoms with E-state index in [2.05, 4.69) is 0 Å². The molecule has 14 heavy (non-hydrogen) atoms. The van der Waals surface area contributed by atoms with Gasteiger partial charge in [0.25, 0.3) is 0 Å². The highest BCUT2D eigenvalue weighted by Crippen LogP contribution is 2.29. The van der Waals surface area contributed by atoms with Crippen molar-refractivity contribution in [3.8, 4) is 0 Å². The molecule has 0 aliphatic carbocycles. The van der Waals surface area contributed by atoms with Gasteiger partial charge in [-0.1, -0.05) is 0 Å². The van der Waals surface area contributed by atoms with Gasteiger partial charge in [-0.15, -0.1) is 0 Å². The van der Waals surface area contributed by atoms with Crippen molar-refractivity contribution in [1.82, 2.24) is 0 Å². The van der Waals surface area contributed by atoms with Crippen molar-refractivity contribution in [1.29, 1.82) is 0 Å². The van der Waals surface area contributed by atoms with Crippen LogP contribution >= 0.6 is 0 Å². The summed E-state index contributed by atoms with van der Waals surface area (Å²) < 4.78 is 14.7. The molecule has 2 bridgehead atoms. The lowest BCUT2D eigenvalue weighted by molar-refractivity contribution is -0.173. The topological polar surface area (TPSA) is 82.1 Å². The van der Waals surface area contributed by atoms with Crippen LogP contribution in [0.4, 0.5) is 0 Å². The number of hydrogen-bond donors (Lipinski definition) is 1. The minimum atomic E-state index is -0.929. The van der Waals surface area contributed by atoms with Crippen LogP contribution in [0.3, 0.4) is 0 Å². The molecule has 2 heterocycles. The Morgan fingerprint density at radius 2 is 2.36 bits per heavy atom. The smallest absolute Gasteiger partial charge is 0.339 e. The summed E-state index contributed by atoms with van der Waals surface area (Å²) >= 11 is 0. The van der Waals surface area contributed by atoms with Crippen LogP contribution in [0.2, 0.25) is 0 Å². The van der Waals surface area contributed by atoms with Crippen molar-refractivity contribution < 1.29 is 28.9 Å². The molecule has 0 unspecified atom stereocenters. The molecule has 4 atom stereocenters. The van der Waals surface area contributed by atoms with Crippen LogP contribution in [-0.4, -0.2) is 48.1 Å². The molecule has 0 saturated carbocycles. The maximum absolute atomic E-state index is 11.1. The zero-order chi connectivity index (χ0) is 10.3. The molecular weight excluding hydrogens is 192 g/mol. The first-order chi connectivity index (χ1) is 6.59. The van der Waals surface area contributed by atoms with Crippen molar-refractivity contribution in [3.05, 3.63) is 0 Å². The summed E-state index contributed by atoms with van der Waals surface area (Å²) in [6, 6.07) is 0. The monoisotopic (exact) mass is 202 g/mol. The predicted molar refractivity (Wildman–Crippen MR) is 41.2 cm³/mol. The lowest BCUT2D eigenvalue weighted by Gasteiger charge is -2.28. The number of fused-ring (bicyclic) bond motifs is 2. The molecule has 0 spiro atoms. The van der Waals surface area contributed by atoms with Crippen LogP contribution in [0, 0.1) is 0 Å². The molecule has 2 aliphatic heterocycles. The normalized spacial score (nSPS) is 40.6. The average molecular weight is 202 g/mol. The van der Waals surface area contributed by atoms with Crippen LogP contribution in [0.15, 0.2) is 0 Å². The lowest BCUT2D eigenvalue weighted by Crippen LogP contribution is -2.49. The van der Waals surface area contributed by atoms with E-state index in [1.807, 2.05) is 0 Å². The van der Waals surface area contributed by atoms with Crippen molar-refractivity contribution >= 4 is 11.9 Å². The van der Waals surface area contributed by atoms with E-state index in [4.69, 9.17) is 14.2 Å². The Hall–Kier alpha value is -1.14. The third-order valence-corrected chi connectivity index (χ3v) is 2.23. The number of rotatable bonds is 1. The third-order valence-electron chi connectivity index (χ3n) is 2.23. The van der Waals surface area contributed by atoms with E-state index in [-0.39, 0.29) is 6.61 Å². The summed E-state index contributed by atoms with van der Waals surface area (Å²) in [4.78, 5) is 21.9. The first kappa shape index (κ1) is 9.42. The zero-order valence-corrected chi connectivity index (χ0v) is 7.50. The molecule has 0 radical (unpaired) electrons. The largest absolute Gasteiger partial charge is 0.455 e. The third kappa shape index (κ3) is 1.36. The zero-order valence-electron chi connectivity index (χ0n) is 7.50. The highest BCUT2D eigenvalue weighted by Gasteiger charge is 2.54. The first-order valence-electron chi connectivity index (χ1n) is 4.27. The number of hydrogen-bond acceptors (Lipinski definition) is 6. The predicted octanol–water partition coefficient (Wildman–Crippen LogP) is -1.40. The summed E-state index contributed by atoms with van der Waals surface area (Å²) in [7, 11) is 0. The van der Waals surface area contributed by atoms with Crippen molar-refractivity contribution in [2.24, 2.45) is 0 Å². The quantitative estimate of drug-likeness (QED) is 0.527. The number of esters is 2. The SMILES string of the molecule is CC(=O)O[C@@H]1[C@H]2OC(=O)[C@@H]1OC[C@@H]2O. The molecule has 0 aromatic rings. The fourth-order valence-electron chi connectivity index (χ4n) is 1.65. The molecule has 2 saturated heterocycles. The maximum Gasteiger partial charge on any atom is 0.339 e. The van der Waals surface area contributed by atoms with E-state index < -0.39 is 36.4 Å². The summed E-state index contributed by atoms with van der Waals surface area (Å²) in [5.41, 5.74) is 0. The highest BCUT2D eigenvalue weighted by atomic mass is 16.7. The van der Waals surface area contributed by atoms with Crippen LogP contribution < -0.4 is 0 Å². The molecular formula is C8H10O6. The van der Waals surface area contributed by atoms with Gasteiger partial charge in [0.15, 0.2) is 18.3 Å². The van der Waals surface area contributed by atoms with E-state index in [0.29, 0.717) is 0 Å². The van der Waals surface area contributed by atoms with Gasteiger partial charge in [-0.25, -0.2) is 4.79 Å². The van der Waals surface area contributed by atoms with Crippen LogP contribution in [0.25, 0.3) is 0 Å². The van der Waals surface area contributed by atoms with Crippen LogP contribution in [0.1, 0.15) is 6.92 Å². The van der Waals surface area contributed by atoms with Gasteiger partial charge in [0.1, 0.15) is 6.10 Å². The first-order valence-corrected chi connectivity index (χ1v) is 4.27. The molecule has 2 fully saturated rings. The Morgan fingerprint density at radius 1 is 1.64 bits per heavy atom. The van der Waals surface area contributed by atoms with Crippen molar-refractivity contribution in [2.75, 3.05) is 6.61 Å². The Bertz CT molecular complexity index is 275. The van der Waals surface area contributed by atoms with Gasteiger partial charge in [0, 0.05) is 6.92 Å². The number of aliphatic hydroxyl groups is 1. The van der Waals surface area contributed by atoms with Crippen molar-refractivity contribution in [3.63, 3.8) is 0 Å². The second-order valence-electron chi connectivity index (χ2n) is 3.30. The van der Waals surface area contributed by atoms with E-state index in [9.17, 15) is 14.7 Å². The second kappa shape index (κ2) is 3.21. The average Bonchev–Trinajstić information content (AvgIpc) is 2.29. The molecule has 2 rings (SSSR count). The molecule has 78 valence electrons. The Morgan fingerprint density at radius 3 is 3.00 bits per heavy atom. The summed E-state index contributed by atoms with van der Waals surface area (Å²) in [6.07, 6.45) is -3.41. The summed E-state index contributed by atoms with van der Waals surface area (Å²) in [5.74, 6) is -1.11. The Labute approximate surface area is 79.7 Å². The Kier molecular flexibility index (Phi) is 2.16. The molecule has 6 nitrogen and oxygen atoms in total. The number of ether oxygens (including phenoxy) is 3. The summed E-state index contributed by atoms with van der Waals surface area (Å²) in [6.45, 7) is 1.25. The molecule has 1 N–H and O–H groups in total. The minimum absolute atomic E-state index is 0.0266. The van der Waals surface area contributed by atoms with Gasteiger partial charge >= 0.3 is 11.9 Å². The second-order valence-corrected chi connectivity index (χ2v) is 3.30. The van der Waals surface area contributed by atoms with E-state index in [1.54, 1.807) is 0 Å². The molecule has 0 amide bonds. The molecule has 0 aromatic heterocycles. The van der Waals surface area contributed by atoms with Gasteiger partial charge in [-0.2, -0.15) is 0 Å². The fraction of sp³-hybridized carbons (Fsp3) is 0.750. The Balaban J connectivity index is 2.16. The highest BCUT2D eigenvalue weighted by molar-refractivity contribution is 5.79. The number of carbonyl (C=O) groups is 2. The van der Waals surface area contributed by atoms with Crippen molar-refractivity contribution in [2.45, 2.75) is 31.3 Å². The molecule has 2 aliphatic rings. The van der Waals surface area contributed by atoms with Crippen LogP contribution in [0.5, 0.6) is 0 Å². The standard InChI is InChI=1S/C8H10O6/c1-3(9)13-6-5-4(10)2-12-7(6)8(11)14-5/h4-7,10H,2H2,1H3/t4-,5-,6+,7+/m0/s1. The van der Waals surface area contributed by atoms with Gasteiger partial charge in [0.05, 0.1) is 6.61 Å². The van der Waals surface area contributed by atoms with Crippen LogP contribution in [-0.2, 0) is 23.8 Å². The van der Waals surface area contributed by atoms with Gasteiger partial charge < -0.3 is 19.3 Å². The van der Waals surface area contributed by atoms with E-state index >= 15 is 0 Å². The maximum atomic E-state index is 11.1. The fourth-order valence-corrected chi connectivity index (χ4v) is 1.65. The lowest BCUT2D eigenvalue weighted by atomic mass is 10.0. The van der Waals surface area contributed by atoms with E-state index in [1.165, 1.54) is 6.92 Å². The van der Waals surface area contributed by atoms with Gasteiger partial charge in [0.2, 0.25) is 0 Å². The molecule has 0 aromatic carbocycles. The van der Waals surface area contributed by atoms with E-state index in [0.717, 1.165) is 0 Å². The molecule has 6 heteroatoms. The number of carbonyl (C=O) groups excluding carboxylic acids is 2. The van der Waals surface area contributed by atoms with Gasteiger partial charge in [-0.05, 0) is 0 Å².